The van der Waals surface area contributed by atoms with Crippen molar-refractivity contribution < 1.29 is 19.4 Å². The monoisotopic (exact) mass is 459 g/mol. The van der Waals surface area contributed by atoms with Gasteiger partial charge in [0.25, 0.3) is 5.91 Å². The number of benzene rings is 3. The van der Waals surface area contributed by atoms with Gasteiger partial charge in [-0.1, -0.05) is 36.4 Å². The summed E-state index contributed by atoms with van der Waals surface area (Å²) in [5.74, 6) is -0.874. The van der Waals surface area contributed by atoms with Gasteiger partial charge in [-0.3, -0.25) is 9.69 Å². The van der Waals surface area contributed by atoms with E-state index in [1.165, 1.54) is 24.9 Å². The Hall–Kier alpha value is -3.84. The van der Waals surface area contributed by atoms with E-state index >= 15 is 0 Å². The molecule has 0 aliphatic carbocycles. The number of phenols is 1. The van der Waals surface area contributed by atoms with Gasteiger partial charge in [0.1, 0.15) is 5.75 Å². The van der Waals surface area contributed by atoms with E-state index < -0.39 is 5.97 Å². The molecule has 34 heavy (non-hydrogen) atoms. The first-order valence-electron chi connectivity index (χ1n) is 11.4. The average molecular weight is 460 g/mol. The van der Waals surface area contributed by atoms with Gasteiger partial charge >= 0.3 is 5.97 Å². The minimum absolute atomic E-state index is 0.0618. The largest absolute Gasteiger partial charge is 0.508 e. The molecule has 4 rings (SSSR count). The Morgan fingerprint density at radius 3 is 2.21 bits per heavy atom. The molecule has 7 nitrogen and oxygen atoms in total. The van der Waals surface area contributed by atoms with E-state index in [1.54, 1.807) is 23.1 Å². The van der Waals surface area contributed by atoms with Crippen LogP contribution in [0.1, 0.15) is 20.7 Å². The summed E-state index contributed by atoms with van der Waals surface area (Å²) in [5, 5.41) is 9.95. The standard InChI is InChI=1S/C27H29N3O4/c1-34-27(33)24-20-23(31)12-13-25(24)30(26(32)21-8-4-2-5-9-21)19-16-28-14-17-29(18-15-28)22-10-6-3-7-11-22/h2-13,20,31H,14-19H2,1H3. The molecule has 1 aliphatic rings. The second kappa shape index (κ2) is 10.9. The Balaban J connectivity index is 1.52. The highest BCUT2D eigenvalue weighted by Gasteiger charge is 2.25. The maximum Gasteiger partial charge on any atom is 0.340 e. The lowest BCUT2D eigenvalue weighted by Crippen LogP contribution is -2.49. The predicted octanol–water partition coefficient (Wildman–Crippen LogP) is 3.65. The number of esters is 1. The van der Waals surface area contributed by atoms with Crippen LogP contribution in [0.5, 0.6) is 5.75 Å². The number of phenolic OH excluding ortho intramolecular Hbond substituents is 1. The van der Waals surface area contributed by atoms with Gasteiger partial charge in [0, 0.05) is 50.5 Å². The fraction of sp³-hybridized carbons (Fsp3) is 0.259. The molecule has 3 aromatic rings. The number of para-hydroxylation sites is 1. The zero-order valence-electron chi connectivity index (χ0n) is 19.3. The predicted molar refractivity (Wildman–Crippen MR) is 133 cm³/mol. The van der Waals surface area contributed by atoms with Crippen molar-refractivity contribution in [3.63, 3.8) is 0 Å². The van der Waals surface area contributed by atoms with Crippen LogP contribution in [-0.2, 0) is 4.74 Å². The van der Waals surface area contributed by atoms with Crippen LogP contribution in [0.15, 0.2) is 78.9 Å². The van der Waals surface area contributed by atoms with Gasteiger partial charge in [-0.25, -0.2) is 4.79 Å². The number of piperazine rings is 1. The number of hydrogen-bond acceptors (Lipinski definition) is 6. The van der Waals surface area contributed by atoms with Crippen LogP contribution in [0.25, 0.3) is 0 Å². The number of rotatable bonds is 7. The van der Waals surface area contributed by atoms with Crippen molar-refractivity contribution in [2.75, 3.05) is 56.2 Å². The molecule has 1 amide bonds. The quantitative estimate of drug-likeness (QED) is 0.544. The van der Waals surface area contributed by atoms with E-state index in [0.29, 0.717) is 24.3 Å². The number of ether oxygens (including phenoxy) is 1. The van der Waals surface area contributed by atoms with Crippen LogP contribution in [0, 0.1) is 0 Å². The van der Waals surface area contributed by atoms with Crippen LogP contribution in [-0.4, -0.2) is 68.3 Å². The number of anilines is 2. The van der Waals surface area contributed by atoms with Gasteiger partial charge < -0.3 is 19.6 Å². The van der Waals surface area contributed by atoms with E-state index in [9.17, 15) is 14.7 Å². The van der Waals surface area contributed by atoms with Crippen molar-refractivity contribution in [2.24, 2.45) is 0 Å². The van der Waals surface area contributed by atoms with Crippen LogP contribution in [0.3, 0.4) is 0 Å². The number of methoxy groups -OCH3 is 1. The number of aromatic hydroxyl groups is 1. The molecule has 0 aromatic heterocycles. The van der Waals surface area contributed by atoms with Crippen molar-refractivity contribution >= 4 is 23.3 Å². The van der Waals surface area contributed by atoms with E-state index in [0.717, 1.165) is 26.2 Å². The third-order valence-corrected chi connectivity index (χ3v) is 6.08. The van der Waals surface area contributed by atoms with E-state index in [4.69, 9.17) is 4.74 Å². The Kier molecular flexibility index (Phi) is 7.44. The molecule has 3 aromatic carbocycles. The normalized spacial score (nSPS) is 14.0. The van der Waals surface area contributed by atoms with Gasteiger partial charge in [0.05, 0.1) is 18.4 Å². The summed E-state index contributed by atoms with van der Waals surface area (Å²) < 4.78 is 4.91. The van der Waals surface area contributed by atoms with E-state index in [-0.39, 0.29) is 17.2 Å². The summed E-state index contributed by atoms with van der Waals surface area (Å²) in [6, 6.07) is 23.8. The molecule has 0 bridgehead atoms. The van der Waals surface area contributed by atoms with Crippen molar-refractivity contribution in [1.82, 2.24) is 4.90 Å². The van der Waals surface area contributed by atoms with Gasteiger partial charge in [-0.2, -0.15) is 0 Å². The summed E-state index contributed by atoms with van der Waals surface area (Å²) in [5.41, 5.74) is 2.32. The zero-order valence-corrected chi connectivity index (χ0v) is 19.3. The number of carbonyl (C=O) groups excluding carboxylic acids is 2. The summed E-state index contributed by atoms with van der Waals surface area (Å²) in [6.07, 6.45) is 0. The topological polar surface area (TPSA) is 73.3 Å². The summed E-state index contributed by atoms with van der Waals surface area (Å²) in [4.78, 5) is 32.2. The van der Waals surface area contributed by atoms with Gasteiger partial charge in [-0.15, -0.1) is 0 Å². The molecule has 1 aliphatic heterocycles. The molecule has 0 radical (unpaired) electrons. The van der Waals surface area contributed by atoms with Crippen LogP contribution >= 0.6 is 0 Å². The highest BCUT2D eigenvalue weighted by molar-refractivity contribution is 6.09. The third kappa shape index (κ3) is 5.38. The first-order chi connectivity index (χ1) is 16.6. The first kappa shape index (κ1) is 23.3. The second-order valence-electron chi connectivity index (χ2n) is 8.18. The van der Waals surface area contributed by atoms with Crippen molar-refractivity contribution in [2.45, 2.75) is 0 Å². The van der Waals surface area contributed by atoms with E-state index in [2.05, 4.69) is 21.9 Å². The van der Waals surface area contributed by atoms with Gasteiger partial charge in [0.15, 0.2) is 0 Å². The van der Waals surface area contributed by atoms with Crippen molar-refractivity contribution in [1.29, 1.82) is 0 Å². The van der Waals surface area contributed by atoms with Crippen molar-refractivity contribution in [3.8, 4) is 5.75 Å². The molecule has 1 saturated heterocycles. The molecule has 0 spiro atoms. The molecule has 0 unspecified atom stereocenters. The molecule has 1 heterocycles. The highest BCUT2D eigenvalue weighted by atomic mass is 16.5. The highest BCUT2D eigenvalue weighted by Crippen LogP contribution is 2.27. The lowest BCUT2D eigenvalue weighted by atomic mass is 10.1. The summed E-state index contributed by atoms with van der Waals surface area (Å²) in [7, 11) is 1.28. The van der Waals surface area contributed by atoms with Gasteiger partial charge in [-0.05, 0) is 42.5 Å². The smallest absolute Gasteiger partial charge is 0.340 e. The first-order valence-corrected chi connectivity index (χ1v) is 11.4. The Morgan fingerprint density at radius 1 is 0.912 bits per heavy atom. The lowest BCUT2D eigenvalue weighted by Gasteiger charge is -2.37. The Bertz CT molecular complexity index is 1110. The average Bonchev–Trinajstić information content (AvgIpc) is 2.90. The molecular weight excluding hydrogens is 430 g/mol. The van der Waals surface area contributed by atoms with E-state index in [1.807, 2.05) is 36.4 Å². The van der Waals surface area contributed by atoms with Crippen molar-refractivity contribution in [3.05, 3.63) is 90.0 Å². The summed E-state index contributed by atoms with van der Waals surface area (Å²) >= 11 is 0. The Morgan fingerprint density at radius 2 is 1.56 bits per heavy atom. The molecule has 1 fully saturated rings. The molecular formula is C27H29N3O4. The molecule has 7 heteroatoms. The van der Waals surface area contributed by atoms with Gasteiger partial charge in [0.2, 0.25) is 0 Å². The second-order valence-corrected chi connectivity index (χ2v) is 8.18. The fourth-order valence-corrected chi connectivity index (χ4v) is 4.21. The Labute approximate surface area is 199 Å². The SMILES string of the molecule is COC(=O)c1cc(O)ccc1N(CCN1CCN(c2ccccc2)CC1)C(=O)c1ccccc1. The minimum atomic E-state index is -0.603. The summed E-state index contributed by atoms with van der Waals surface area (Å²) in [6.45, 7) is 4.62. The molecule has 176 valence electrons. The zero-order chi connectivity index (χ0) is 23.9. The number of amides is 1. The van der Waals surface area contributed by atoms with Crippen LogP contribution in [0.2, 0.25) is 0 Å². The number of nitrogens with zero attached hydrogens (tertiary/aromatic N) is 3. The minimum Gasteiger partial charge on any atom is -0.508 e. The number of hydrogen-bond donors (Lipinski definition) is 1. The molecule has 0 saturated carbocycles. The lowest BCUT2D eigenvalue weighted by molar-refractivity contribution is 0.0601. The fourth-order valence-electron chi connectivity index (χ4n) is 4.21. The molecule has 0 atom stereocenters. The third-order valence-electron chi connectivity index (χ3n) is 6.08. The molecule has 1 N–H and O–H groups in total. The van der Waals surface area contributed by atoms with Crippen LogP contribution in [0.4, 0.5) is 11.4 Å². The maximum absolute atomic E-state index is 13.5. The maximum atomic E-state index is 13.5. The van der Waals surface area contributed by atoms with Crippen LogP contribution < -0.4 is 9.80 Å². The number of carbonyl (C=O) groups is 2.